The molecule has 1 heterocycles. The highest BCUT2D eigenvalue weighted by Crippen LogP contribution is 2.21. The lowest BCUT2D eigenvalue weighted by atomic mass is 9.86. The number of aryl methyl sites for hydroxylation is 1. The summed E-state index contributed by atoms with van der Waals surface area (Å²) < 4.78 is 4.81. The summed E-state index contributed by atoms with van der Waals surface area (Å²) in [5, 5.41) is 16.2. The summed E-state index contributed by atoms with van der Waals surface area (Å²) >= 11 is 0. The van der Waals surface area contributed by atoms with E-state index in [1.165, 1.54) is 6.20 Å². The molecule has 0 unspecified atom stereocenters. The fraction of sp³-hybridized carbons (Fsp3) is 0.636. The molecule has 1 aromatic heterocycles. The monoisotopic (exact) mass is 226 g/mol. The fourth-order valence-electron chi connectivity index (χ4n) is 1.02. The highest BCUT2D eigenvalue weighted by molar-refractivity contribution is 5.95. The van der Waals surface area contributed by atoms with E-state index in [1.54, 1.807) is 34.6 Å². The number of rotatable bonds is 3. The fourth-order valence-corrected chi connectivity index (χ4v) is 1.02. The maximum atomic E-state index is 11.9. The summed E-state index contributed by atoms with van der Waals surface area (Å²) in [4.78, 5) is 11.9. The van der Waals surface area contributed by atoms with Gasteiger partial charge in [0, 0.05) is 0 Å². The standard InChI is InChI=1S/C11H18N2O3/c1-7-8(6-12-16-7)9(14)13-10(2,3)11(4,5)15/h6,15H,1-5H3,(H,13,14). The van der Waals surface area contributed by atoms with Crippen LogP contribution in [0.2, 0.25) is 0 Å². The number of nitrogens with zero attached hydrogens (tertiary/aromatic N) is 1. The average molecular weight is 226 g/mol. The first-order chi connectivity index (χ1) is 7.15. The normalized spacial score (nSPS) is 12.6. The molecule has 90 valence electrons. The Morgan fingerprint density at radius 3 is 2.38 bits per heavy atom. The lowest BCUT2D eigenvalue weighted by Gasteiger charge is -2.37. The zero-order valence-electron chi connectivity index (χ0n) is 10.3. The van der Waals surface area contributed by atoms with Gasteiger partial charge in [-0.3, -0.25) is 4.79 Å². The number of hydrogen-bond acceptors (Lipinski definition) is 4. The molecule has 5 heteroatoms. The molecule has 1 aromatic rings. The van der Waals surface area contributed by atoms with Gasteiger partial charge in [0.15, 0.2) is 0 Å². The number of carbonyl (C=O) groups excluding carboxylic acids is 1. The number of nitrogens with one attached hydrogen (secondary N) is 1. The van der Waals surface area contributed by atoms with E-state index in [9.17, 15) is 9.90 Å². The maximum Gasteiger partial charge on any atom is 0.257 e. The van der Waals surface area contributed by atoms with E-state index in [2.05, 4.69) is 10.5 Å². The van der Waals surface area contributed by atoms with Crippen LogP contribution in [-0.2, 0) is 0 Å². The van der Waals surface area contributed by atoms with Crippen molar-refractivity contribution in [1.82, 2.24) is 10.5 Å². The third-order valence-corrected chi connectivity index (χ3v) is 2.95. The SMILES string of the molecule is Cc1oncc1C(=O)NC(C)(C)C(C)(C)O. The van der Waals surface area contributed by atoms with Crippen LogP contribution >= 0.6 is 0 Å². The van der Waals surface area contributed by atoms with E-state index >= 15 is 0 Å². The Morgan fingerprint density at radius 2 is 2.00 bits per heavy atom. The first-order valence-corrected chi connectivity index (χ1v) is 5.11. The van der Waals surface area contributed by atoms with Crippen molar-refractivity contribution >= 4 is 5.91 Å². The minimum atomic E-state index is -1.02. The van der Waals surface area contributed by atoms with Crippen LogP contribution < -0.4 is 5.32 Å². The lowest BCUT2D eigenvalue weighted by Crippen LogP contribution is -2.57. The molecule has 0 aromatic carbocycles. The van der Waals surface area contributed by atoms with Gasteiger partial charge in [-0.2, -0.15) is 0 Å². The lowest BCUT2D eigenvalue weighted by molar-refractivity contribution is -0.00296. The van der Waals surface area contributed by atoms with Gasteiger partial charge in [0.05, 0.1) is 17.3 Å². The zero-order chi connectivity index (χ0) is 12.6. The van der Waals surface area contributed by atoms with Gasteiger partial charge in [-0.15, -0.1) is 0 Å². The van der Waals surface area contributed by atoms with E-state index in [0.29, 0.717) is 11.3 Å². The zero-order valence-corrected chi connectivity index (χ0v) is 10.3. The molecule has 16 heavy (non-hydrogen) atoms. The second-order valence-corrected chi connectivity index (χ2v) is 4.93. The average Bonchev–Trinajstić information content (AvgIpc) is 2.48. The molecule has 0 saturated heterocycles. The molecule has 5 nitrogen and oxygen atoms in total. The number of hydrogen-bond donors (Lipinski definition) is 2. The Kier molecular flexibility index (Phi) is 3.10. The van der Waals surface area contributed by atoms with Gasteiger partial charge in [-0.1, -0.05) is 5.16 Å². The Bertz CT molecular complexity index is 388. The molecule has 0 radical (unpaired) electrons. The van der Waals surface area contributed by atoms with Crippen LogP contribution in [0.15, 0.2) is 10.7 Å². The third-order valence-electron chi connectivity index (χ3n) is 2.95. The van der Waals surface area contributed by atoms with Crippen LogP contribution in [0.1, 0.15) is 43.8 Å². The second-order valence-electron chi connectivity index (χ2n) is 4.93. The smallest absolute Gasteiger partial charge is 0.257 e. The van der Waals surface area contributed by atoms with Crippen molar-refractivity contribution in [1.29, 1.82) is 0 Å². The summed E-state index contributed by atoms with van der Waals surface area (Å²) in [6.45, 7) is 8.47. The Hall–Kier alpha value is -1.36. The Labute approximate surface area is 94.8 Å². The van der Waals surface area contributed by atoms with E-state index in [-0.39, 0.29) is 5.91 Å². The second kappa shape index (κ2) is 3.90. The van der Waals surface area contributed by atoms with Crippen LogP contribution in [-0.4, -0.2) is 27.3 Å². The van der Waals surface area contributed by atoms with Gasteiger partial charge in [0.25, 0.3) is 5.91 Å². The van der Waals surface area contributed by atoms with Crippen molar-refractivity contribution in [2.24, 2.45) is 0 Å². The summed E-state index contributed by atoms with van der Waals surface area (Å²) in [5.74, 6) is 0.162. The summed E-state index contributed by atoms with van der Waals surface area (Å²) in [5.41, 5.74) is -1.38. The first kappa shape index (κ1) is 12.7. The number of aliphatic hydroxyl groups is 1. The minimum absolute atomic E-state index is 0.300. The van der Waals surface area contributed by atoms with Gasteiger partial charge < -0.3 is 14.9 Å². The summed E-state index contributed by atoms with van der Waals surface area (Å²) in [6.07, 6.45) is 1.37. The molecule has 0 aliphatic rings. The van der Waals surface area contributed by atoms with Gasteiger partial charge >= 0.3 is 0 Å². The van der Waals surface area contributed by atoms with Crippen LogP contribution in [0.5, 0.6) is 0 Å². The quantitative estimate of drug-likeness (QED) is 0.813. The molecular weight excluding hydrogens is 208 g/mol. The van der Waals surface area contributed by atoms with Gasteiger partial charge in [-0.05, 0) is 34.6 Å². The van der Waals surface area contributed by atoms with E-state index in [4.69, 9.17) is 4.52 Å². The van der Waals surface area contributed by atoms with Gasteiger partial charge in [-0.25, -0.2) is 0 Å². The molecule has 2 N–H and O–H groups in total. The van der Waals surface area contributed by atoms with E-state index in [0.717, 1.165) is 0 Å². The highest BCUT2D eigenvalue weighted by Gasteiger charge is 2.37. The van der Waals surface area contributed by atoms with E-state index in [1.807, 2.05) is 0 Å². The Morgan fingerprint density at radius 1 is 1.44 bits per heavy atom. The molecule has 0 bridgehead atoms. The van der Waals surface area contributed by atoms with Crippen LogP contribution in [0.3, 0.4) is 0 Å². The van der Waals surface area contributed by atoms with Crippen LogP contribution in [0, 0.1) is 6.92 Å². The molecule has 0 aliphatic carbocycles. The van der Waals surface area contributed by atoms with Crippen molar-refractivity contribution in [2.45, 2.75) is 45.8 Å². The maximum absolute atomic E-state index is 11.9. The van der Waals surface area contributed by atoms with E-state index < -0.39 is 11.1 Å². The highest BCUT2D eigenvalue weighted by atomic mass is 16.5. The van der Waals surface area contributed by atoms with Gasteiger partial charge in [0.1, 0.15) is 11.3 Å². The minimum Gasteiger partial charge on any atom is -0.388 e. The largest absolute Gasteiger partial charge is 0.388 e. The van der Waals surface area contributed by atoms with Crippen molar-refractivity contribution in [3.8, 4) is 0 Å². The first-order valence-electron chi connectivity index (χ1n) is 5.11. The van der Waals surface area contributed by atoms with Crippen LogP contribution in [0.4, 0.5) is 0 Å². The van der Waals surface area contributed by atoms with Crippen molar-refractivity contribution in [3.63, 3.8) is 0 Å². The molecular formula is C11H18N2O3. The third kappa shape index (κ3) is 2.41. The van der Waals surface area contributed by atoms with Crippen molar-refractivity contribution in [2.75, 3.05) is 0 Å². The molecule has 0 aliphatic heterocycles. The Balaban J connectivity index is 2.84. The topological polar surface area (TPSA) is 75.4 Å². The van der Waals surface area contributed by atoms with Gasteiger partial charge in [0.2, 0.25) is 0 Å². The predicted molar refractivity (Wildman–Crippen MR) is 59.1 cm³/mol. The predicted octanol–water partition coefficient (Wildman–Crippen LogP) is 1.26. The number of amides is 1. The molecule has 0 atom stereocenters. The molecule has 1 rings (SSSR count). The number of aromatic nitrogens is 1. The van der Waals surface area contributed by atoms with Crippen molar-refractivity contribution in [3.05, 3.63) is 17.5 Å². The molecule has 0 saturated carbocycles. The molecule has 0 fully saturated rings. The summed E-state index contributed by atoms with van der Waals surface area (Å²) in [7, 11) is 0. The molecule has 1 amide bonds. The molecule has 0 spiro atoms. The number of carbonyl (C=O) groups is 1. The summed E-state index contributed by atoms with van der Waals surface area (Å²) in [6, 6.07) is 0. The van der Waals surface area contributed by atoms with Crippen molar-refractivity contribution < 1.29 is 14.4 Å². The van der Waals surface area contributed by atoms with Crippen LogP contribution in [0.25, 0.3) is 0 Å².